The van der Waals surface area contributed by atoms with Gasteiger partial charge in [0, 0.05) is 24.2 Å². The minimum absolute atomic E-state index is 0.715. The van der Waals surface area contributed by atoms with Crippen molar-refractivity contribution in [3.8, 4) is 22.8 Å². The SMILES string of the molecule is Cc1ccccc1-c1c2c(nn1Cc1cccc(Oc3ccccc3)c1)CN(C)C2. The standard InChI is InChI=1S/C26H25N3O/c1-19-9-6-7-14-23(19)26-24-17-28(2)18-25(24)27-29(26)16-20-10-8-13-22(15-20)30-21-11-4-3-5-12-21/h3-15H,16-18H2,1-2H3. The van der Waals surface area contributed by atoms with Crippen LogP contribution in [0.15, 0.2) is 78.9 Å². The minimum atomic E-state index is 0.715. The van der Waals surface area contributed by atoms with Crippen molar-refractivity contribution in [1.29, 1.82) is 0 Å². The van der Waals surface area contributed by atoms with E-state index in [1.54, 1.807) is 0 Å². The number of benzene rings is 3. The quantitative estimate of drug-likeness (QED) is 0.438. The summed E-state index contributed by atoms with van der Waals surface area (Å²) in [5.41, 5.74) is 7.49. The zero-order valence-electron chi connectivity index (χ0n) is 17.4. The van der Waals surface area contributed by atoms with Gasteiger partial charge in [-0.05, 0) is 49.4 Å². The number of ether oxygens (including phenoxy) is 1. The van der Waals surface area contributed by atoms with Crippen molar-refractivity contribution in [2.75, 3.05) is 7.05 Å². The van der Waals surface area contributed by atoms with Gasteiger partial charge in [-0.3, -0.25) is 9.58 Å². The van der Waals surface area contributed by atoms with Crippen molar-refractivity contribution >= 4 is 0 Å². The Morgan fingerprint density at radius 3 is 2.47 bits per heavy atom. The second-order valence-corrected chi connectivity index (χ2v) is 7.98. The number of aryl methyl sites for hydroxylation is 1. The van der Waals surface area contributed by atoms with Crippen LogP contribution in [0.2, 0.25) is 0 Å². The molecule has 0 radical (unpaired) electrons. The second kappa shape index (κ2) is 7.81. The number of para-hydroxylation sites is 1. The summed E-state index contributed by atoms with van der Waals surface area (Å²) >= 11 is 0. The lowest BCUT2D eigenvalue weighted by Crippen LogP contribution is -2.13. The Morgan fingerprint density at radius 1 is 0.867 bits per heavy atom. The summed E-state index contributed by atoms with van der Waals surface area (Å²) < 4.78 is 8.20. The topological polar surface area (TPSA) is 30.3 Å². The van der Waals surface area contributed by atoms with Crippen LogP contribution in [0.5, 0.6) is 11.5 Å². The van der Waals surface area contributed by atoms with Gasteiger partial charge in [0.15, 0.2) is 0 Å². The van der Waals surface area contributed by atoms with Crippen molar-refractivity contribution in [2.45, 2.75) is 26.6 Å². The molecule has 3 aromatic carbocycles. The maximum absolute atomic E-state index is 6.03. The Bertz CT molecular complexity index is 1180. The Kier molecular flexibility index (Phi) is 4.85. The fourth-order valence-electron chi connectivity index (χ4n) is 4.18. The zero-order valence-corrected chi connectivity index (χ0v) is 17.4. The Balaban J connectivity index is 1.49. The van der Waals surface area contributed by atoms with E-state index in [1.165, 1.54) is 33.6 Å². The van der Waals surface area contributed by atoms with Crippen LogP contribution in [-0.4, -0.2) is 21.7 Å². The summed E-state index contributed by atoms with van der Waals surface area (Å²) in [5.74, 6) is 1.69. The molecule has 4 aromatic rings. The van der Waals surface area contributed by atoms with E-state index in [1.807, 2.05) is 42.5 Å². The van der Waals surface area contributed by atoms with E-state index >= 15 is 0 Å². The highest BCUT2D eigenvalue weighted by atomic mass is 16.5. The molecule has 150 valence electrons. The number of aromatic nitrogens is 2. The van der Waals surface area contributed by atoms with Crippen LogP contribution in [0.4, 0.5) is 0 Å². The van der Waals surface area contributed by atoms with Gasteiger partial charge in [-0.25, -0.2) is 0 Å². The number of rotatable bonds is 5. The molecule has 5 rings (SSSR count). The van der Waals surface area contributed by atoms with Gasteiger partial charge in [0.1, 0.15) is 11.5 Å². The van der Waals surface area contributed by atoms with Gasteiger partial charge in [0.2, 0.25) is 0 Å². The first kappa shape index (κ1) is 18.6. The van der Waals surface area contributed by atoms with Crippen molar-refractivity contribution < 1.29 is 4.74 Å². The Hall–Kier alpha value is -3.37. The van der Waals surface area contributed by atoms with Crippen molar-refractivity contribution in [1.82, 2.24) is 14.7 Å². The summed E-state index contributed by atoms with van der Waals surface area (Å²) in [5, 5.41) is 5.00. The monoisotopic (exact) mass is 395 g/mol. The van der Waals surface area contributed by atoms with Gasteiger partial charge in [-0.1, -0.05) is 54.6 Å². The molecule has 0 saturated heterocycles. The first-order valence-corrected chi connectivity index (χ1v) is 10.3. The molecule has 0 saturated carbocycles. The minimum Gasteiger partial charge on any atom is -0.457 e. The predicted octanol–water partition coefficient (Wildman–Crippen LogP) is 5.64. The van der Waals surface area contributed by atoms with Crippen LogP contribution in [0.3, 0.4) is 0 Å². The van der Waals surface area contributed by atoms with Crippen molar-refractivity contribution in [2.24, 2.45) is 0 Å². The lowest BCUT2D eigenvalue weighted by molar-refractivity contribution is 0.346. The fourth-order valence-corrected chi connectivity index (χ4v) is 4.18. The molecule has 4 heteroatoms. The van der Waals surface area contributed by atoms with Gasteiger partial charge < -0.3 is 4.74 Å². The summed E-state index contributed by atoms with van der Waals surface area (Å²) in [6, 6.07) is 26.8. The molecule has 1 aliphatic heterocycles. The molecular formula is C26H25N3O. The van der Waals surface area contributed by atoms with Gasteiger partial charge in [0.25, 0.3) is 0 Å². The van der Waals surface area contributed by atoms with E-state index in [0.717, 1.165) is 24.6 Å². The van der Waals surface area contributed by atoms with Crippen molar-refractivity contribution in [3.05, 3.63) is 101 Å². The summed E-state index contributed by atoms with van der Waals surface area (Å²) in [7, 11) is 2.15. The molecule has 0 N–H and O–H groups in total. The summed E-state index contributed by atoms with van der Waals surface area (Å²) in [6.07, 6.45) is 0. The Labute approximate surface area is 177 Å². The lowest BCUT2D eigenvalue weighted by Gasteiger charge is -2.14. The third kappa shape index (κ3) is 3.62. The average molecular weight is 396 g/mol. The van der Waals surface area contributed by atoms with Crippen LogP contribution >= 0.6 is 0 Å². The fraction of sp³-hybridized carbons (Fsp3) is 0.192. The molecular weight excluding hydrogens is 370 g/mol. The van der Waals surface area contributed by atoms with E-state index in [4.69, 9.17) is 9.84 Å². The summed E-state index contributed by atoms with van der Waals surface area (Å²) in [4.78, 5) is 2.32. The largest absolute Gasteiger partial charge is 0.457 e. The number of nitrogens with zero attached hydrogens (tertiary/aromatic N) is 3. The molecule has 1 aromatic heterocycles. The van der Waals surface area contributed by atoms with Gasteiger partial charge >= 0.3 is 0 Å². The second-order valence-electron chi connectivity index (χ2n) is 7.98. The average Bonchev–Trinajstić information content (AvgIpc) is 3.25. The van der Waals surface area contributed by atoms with E-state index in [-0.39, 0.29) is 0 Å². The lowest BCUT2D eigenvalue weighted by atomic mass is 10.0. The van der Waals surface area contributed by atoms with Crippen molar-refractivity contribution in [3.63, 3.8) is 0 Å². The molecule has 0 unspecified atom stereocenters. The van der Waals surface area contributed by atoms with E-state index < -0.39 is 0 Å². The highest BCUT2D eigenvalue weighted by molar-refractivity contribution is 5.69. The summed E-state index contributed by atoms with van der Waals surface area (Å²) in [6.45, 7) is 4.73. The number of hydrogen-bond acceptors (Lipinski definition) is 3. The molecule has 2 heterocycles. The molecule has 0 atom stereocenters. The molecule has 0 aliphatic carbocycles. The number of fused-ring (bicyclic) bond motifs is 1. The normalized spacial score (nSPS) is 13.4. The first-order chi connectivity index (χ1) is 14.7. The third-order valence-corrected chi connectivity index (χ3v) is 5.59. The van der Waals surface area contributed by atoms with Crippen LogP contribution in [-0.2, 0) is 19.6 Å². The predicted molar refractivity (Wildman–Crippen MR) is 120 cm³/mol. The van der Waals surface area contributed by atoms with Crippen LogP contribution in [0.1, 0.15) is 22.4 Å². The van der Waals surface area contributed by atoms with Gasteiger partial charge in [0.05, 0.1) is 17.9 Å². The Morgan fingerprint density at radius 2 is 1.63 bits per heavy atom. The first-order valence-electron chi connectivity index (χ1n) is 10.3. The van der Waals surface area contributed by atoms with Crippen LogP contribution in [0, 0.1) is 6.92 Å². The number of hydrogen-bond donors (Lipinski definition) is 0. The van der Waals surface area contributed by atoms with E-state index in [2.05, 4.69) is 60.0 Å². The molecule has 0 spiro atoms. The van der Waals surface area contributed by atoms with E-state index in [0.29, 0.717) is 6.54 Å². The molecule has 1 aliphatic rings. The maximum Gasteiger partial charge on any atom is 0.127 e. The smallest absolute Gasteiger partial charge is 0.127 e. The third-order valence-electron chi connectivity index (χ3n) is 5.59. The zero-order chi connectivity index (χ0) is 20.5. The van der Waals surface area contributed by atoms with Crippen LogP contribution < -0.4 is 4.74 Å². The highest BCUT2D eigenvalue weighted by Crippen LogP contribution is 2.34. The molecule has 30 heavy (non-hydrogen) atoms. The molecule has 0 amide bonds. The van der Waals surface area contributed by atoms with Gasteiger partial charge in [-0.15, -0.1) is 0 Å². The molecule has 4 nitrogen and oxygen atoms in total. The van der Waals surface area contributed by atoms with Gasteiger partial charge in [-0.2, -0.15) is 5.10 Å². The highest BCUT2D eigenvalue weighted by Gasteiger charge is 2.26. The maximum atomic E-state index is 6.03. The van der Waals surface area contributed by atoms with Crippen LogP contribution in [0.25, 0.3) is 11.3 Å². The molecule has 0 fully saturated rings. The van der Waals surface area contributed by atoms with E-state index in [9.17, 15) is 0 Å². The molecule has 0 bridgehead atoms.